The van der Waals surface area contributed by atoms with Crippen molar-refractivity contribution >= 4 is 28.5 Å². The first kappa shape index (κ1) is 24.6. The molecule has 1 saturated carbocycles. The summed E-state index contributed by atoms with van der Waals surface area (Å²) in [6, 6.07) is 16.2. The summed E-state index contributed by atoms with van der Waals surface area (Å²) in [7, 11) is 1.65. The number of nitrogens with one attached hydrogen (secondary N) is 1. The summed E-state index contributed by atoms with van der Waals surface area (Å²) in [5.74, 6) is 1.36. The predicted octanol–water partition coefficient (Wildman–Crippen LogP) is 7.03. The van der Waals surface area contributed by atoms with E-state index in [0.29, 0.717) is 18.1 Å². The highest BCUT2D eigenvalue weighted by atomic mass is 32.1. The van der Waals surface area contributed by atoms with Crippen molar-refractivity contribution < 1.29 is 14.3 Å². The van der Waals surface area contributed by atoms with Gasteiger partial charge in [-0.25, -0.2) is 4.99 Å². The van der Waals surface area contributed by atoms with Crippen LogP contribution >= 0.6 is 11.3 Å². The van der Waals surface area contributed by atoms with Gasteiger partial charge in [0.1, 0.15) is 11.6 Å². The molecule has 6 heteroatoms. The Labute approximate surface area is 217 Å². The van der Waals surface area contributed by atoms with E-state index in [9.17, 15) is 4.79 Å². The molecule has 36 heavy (non-hydrogen) atoms. The number of aryl methyl sites for hydroxylation is 1. The average Bonchev–Trinajstić information content (AvgIpc) is 3.30. The molecule has 1 amide bonds. The molecule has 0 atom stereocenters. The molecule has 2 aliphatic rings. The highest BCUT2D eigenvalue weighted by Gasteiger charge is 2.27. The fourth-order valence-corrected chi connectivity index (χ4v) is 6.42. The largest absolute Gasteiger partial charge is 0.493 e. The van der Waals surface area contributed by atoms with Crippen molar-refractivity contribution in [1.82, 2.24) is 5.32 Å². The molecule has 1 aromatic heterocycles. The molecule has 5 nitrogen and oxygen atoms in total. The van der Waals surface area contributed by atoms with Crippen LogP contribution in [0.3, 0.4) is 0 Å². The van der Waals surface area contributed by atoms with Crippen LogP contribution in [-0.2, 0) is 19.4 Å². The molecule has 0 unspecified atom stereocenters. The third kappa shape index (κ3) is 5.65. The van der Waals surface area contributed by atoms with Crippen LogP contribution in [0.1, 0.15) is 76.9 Å². The van der Waals surface area contributed by atoms with E-state index in [1.807, 2.05) is 54.7 Å². The van der Waals surface area contributed by atoms with Crippen molar-refractivity contribution in [2.45, 2.75) is 70.4 Å². The Hall–Kier alpha value is -3.12. The molecule has 1 heterocycles. The number of carbonyl (C=O) groups is 1. The molecular weight excluding hydrogens is 468 g/mol. The minimum absolute atomic E-state index is 0.0413. The summed E-state index contributed by atoms with van der Waals surface area (Å²) in [5, 5.41) is 4.13. The minimum atomic E-state index is 0.0413. The van der Waals surface area contributed by atoms with Crippen LogP contribution in [0.25, 0.3) is 0 Å². The van der Waals surface area contributed by atoms with Crippen molar-refractivity contribution in [1.29, 1.82) is 0 Å². The third-order valence-electron chi connectivity index (χ3n) is 7.10. The maximum Gasteiger partial charge on any atom is 0.254 e. The van der Waals surface area contributed by atoms with E-state index in [2.05, 4.69) is 5.32 Å². The molecule has 2 aromatic carbocycles. The number of para-hydroxylation sites is 1. The first-order chi connectivity index (χ1) is 17.7. The number of carbonyl (C=O) groups excluding carboxylic acids is 1. The standard InChI is InChI=1S/C30H34N2O3S/c1-34-25-17-10-13-22(28(25)35-20-21-11-4-2-5-12-21)19-31-30-27(24-16-8-9-18-26(24)36-30)29(33)32-23-14-6-3-7-15-23/h2,4-5,10-13,17,19,23H,3,6-9,14-16,18,20H2,1H3,(H,32,33). The number of thiophene rings is 1. The quantitative estimate of drug-likeness (QED) is 0.337. The van der Waals surface area contributed by atoms with Gasteiger partial charge < -0.3 is 14.8 Å². The van der Waals surface area contributed by atoms with E-state index in [0.717, 1.165) is 53.8 Å². The van der Waals surface area contributed by atoms with E-state index in [-0.39, 0.29) is 11.9 Å². The van der Waals surface area contributed by atoms with E-state index in [4.69, 9.17) is 14.5 Å². The Bertz CT molecular complexity index is 1210. The van der Waals surface area contributed by atoms with E-state index in [1.54, 1.807) is 18.4 Å². The number of ether oxygens (including phenoxy) is 2. The summed E-state index contributed by atoms with van der Waals surface area (Å²) in [4.78, 5) is 19.7. The Balaban J connectivity index is 1.43. The summed E-state index contributed by atoms with van der Waals surface area (Å²) in [6.45, 7) is 0.435. The van der Waals surface area contributed by atoms with Crippen LogP contribution in [0.4, 0.5) is 5.00 Å². The number of rotatable bonds is 8. The summed E-state index contributed by atoms with van der Waals surface area (Å²) in [6.07, 6.45) is 11.9. The van der Waals surface area contributed by atoms with Crippen molar-refractivity contribution in [2.24, 2.45) is 4.99 Å². The number of hydrogen-bond donors (Lipinski definition) is 1. The number of benzene rings is 2. The molecule has 188 valence electrons. The molecule has 2 aliphatic carbocycles. The average molecular weight is 503 g/mol. The minimum Gasteiger partial charge on any atom is -0.493 e. The fraction of sp³-hybridized carbons (Fsp3) is 0.400. The Kier molecular flexibility index (Phi) is 8.01. The first-order valence-corrected chi connectivity index (χ1v) is 13.9. The van der Waals surface area contributed by atoms with Crippen LogP contribution in [0.2, 0.25) is 0 Å². The van der Waals surface area contributed by atoms with Gasteiger partial charge in [-0.05, 0) is 61.8 Å². The summed E-state index contributed by atoms with van der Waals surface area (Å²) >= 11 is 1.67. The monoisotopic (exact) mass is 502 g/mol. The van der Waals surface area contributed by atoms with Gasteiger partial charge in [0.15, 0.2) is 11.5 Å². The van der Waals surface area contributed by atoms with E-state index < -0.39 is 0 Å². The van der Waals surface area contributed by atoms with Gasteiger partial charge in [-0.3, -0.25) is 4.79 Å². The Morgan fingerprint density at radius 2 is 1.83 bits per heavy atom. The molecule has 3 aromatic rings. The van der Waals surface area contributed by atoms with Gasteiger partial charge >= 0.3 is 0 Å². The van der Waals surface area contributed by atoms with E-state index in [1.165, 1.54) is 36.1 Å². The molecule has 0 bridgehead atoms. The topological polar surface area (TPSA) is 59.9 Å². The SMILES string of the molecule is COc1cccc(C=Nc2sc3c(c2C(=O)NC2CCCCC2)CCCC3)c1OCc1ccccc1. The van der Waals surface area contributed by atoms with Gasteiger partial charge in [-0.15, -0.1) is 11.3 Å². The zero-order chi connectivity index (χ0) is 24.7. The van der Waals surface area contributed by atoms with Crippen molar-refractivity contribution in [3.63, 3.8) is 0 Å². The normalized spacial score (nSPS) is 16.0. The Morgan fingerprint density at radius 3 is 2.64 bits per heavy atom. The van der Waals surface area contributed by atoms with Crippen molar-refractivity contribution in [3.8, 4) is 11.5 Å². The maximum atomic E-state index is 13.5. The second-order valence-electron chi connectivity index (χ2n) is 9.61. The number of hydrogen-bond acceptors (Lipinski definition) is 5. The van der Waals surface area contributed by atoms with Crippen molar-refractivity contribution in [2.75, 3.05) is 7.11 Å². The Morgan fingerprint density at radius 1 is 1.03 bits per heavy atom. The first-order valence-electron chi connectivity index (χ1n) is 13.1. The van der Waals surface area contributed by atoms with Crippen LogP contribution in [-0.4, -0.2) is 25.3 Å². The number of amides is 1. The summed E-state index contributed by atoms with van der Waals surface area (Å²) in [5.41, 5.74) is 3.90. The predicted molar refractivity (Wildman–Crippen MR) is 146 cm³/mol. The highest BCUT2D eigenvalue weighted by molar-refractivity contribution is 7.16. The molecule has 0 spiro atoms. The van der Waals surface area contributed by atoms with Gasteiger partial charge in [0.05, 0.1) is 12.7 Å². The van der Waals surface area contributed by atoms with Crippen LogP contribution in [0.5, 0.6) is 11.5 Å². The van der Waals surface area contributed by atoms with Gasteiger partial charge in [-0.1, -0.05) is 55.7 Å². The lowest BCUT2D eigenvalue weighted by molar-refractivity contribution is 0.0927. The van der Waals surface area contributed by atoms with Crippen LogP contribution < -0.4 is 14.8 Å². The van der Waals surface area contributed by atoms with Gasteiger partial charge in [0, 0.05) is 22.7 Å². The molecule has 0 saturated heterocycles. The number of nitrogens with zero attached hydrogens (tertiary/aromatic N) is 1. The van der Waals surface area contributed by atoms with Crippen molar-refractivity contribution in [3.05, 3.63) is 75.7 Å². The maximum absolute atomic E-state index is 13.5. The number of fused-ring (bicyclic) bond motifs is 1. The number of aliphatic imine (C=N–C) groups is 1. The lowest BCUT2D eigenvalue weighted by Gasteiger charge is -2.23. The molecule has 1 fully saturated rings. The molecule has 0 aliphatic heterocycles. The number of methoxy groups -OCH3 is 1. The second-order valence-corrected chi connectivity index (χ2v) is 10.7. The smallest absolute Gasteiger partial charge is 0.254 e. The van der Waals surface area contributed by atoms with Gasteiger partial charge in [0.2, 0.25) is 0 Å². The zero-order valence-electron chi connectivity index (χ0n) is 20.9. The molecule has 1 N–H and O–H groups in total. The lowest BCUT2D eigenvalue weighted by atomic mass is 9.93. The van der Waals surface area contributed by atoms with Gasteiger partial charge in [-0.2, -0.15) is 0 Å². The zero-order valence-corrected chi connectivity index (χ0v) is 21.7. The molecule has 0 radical (unpaired) electrons. The molecular formula is C30H34N2O3S. The summed E-state index contributed by atoms with van der Waals surface area (Å²) < 4.78 is 11.8. The highest BCUT2D eigenvalue weighted by Crippen LogP contribution is 2.40. The third-order valence-corrected chi connectivity index (χ3v) is 8.30. The second kappa shape index (κ2) is 11.7. The van der Waals surface area contributed by atoms with Crippen LogP contribution in [0.15, 0.2) is 53.5 Å². The molecule has 5 rings (SSSR count). The van der Waals surface area contributed by atoms with E-state index >= 15 is 0 Å². The van der Waals surface area contributed by atoms with Gasteiger partial charge in [0.25, 0.3) is 5.91 Å². The fourth-order valence-electron chi connectivity index (χ4n) is 5.19. The van der Waals surface area contributed by atoms with Crippen LogP contribution in [0, 0.1) is 0 Å². The lowest BCUT2D eigenvalue weighted by Crippen LogP contribution is -2.36.